The molecule has 7 heteroatoms. The monoisotopic (exact) mass is 230 g/mol. The van der Waals surface area contributed by atoms with Crippen LogP contribution in [0, 0.1) is 21.4 Å². The smallest absolute Gasteiger partial charge is 0.320 e. The van der Waals surface area contributed by atoms with E-state index in [2.05, 4.69) is 4.84 Å². The number of ether oxygens (including phenoxy) is 1. The quantitative estimate of drug-likeness (QED) is 0.255. The van der Waals surface area contributed by atoms with E-state index < -0.39 is 11.1 Å². The minimum atomic E-state index is -0.816. The fourth-order valence-corrected chi connectivity index (χ4v) is 0.998. The molecule has 0 aliphatic carbocycles. The van der Waals surface area contributed by atoms with Crippen molar-refractivity contribution in [2.45, 2.75) is 32.1 Å². The van der Waals surface area contributed by atoms with Crippen LogP contribution in [0.3, 0.4) is 0 Å². The molecule has 0 saturated carbocycles. The third-order valence-electron chi connectivity index (χ3n) is 1.72. The van der Waals surface area contributed by atoms with Crippen LogP contribution in [-0.2, 0) is 14.4 Å². The summed E-state index contributed by atoms with van der Waals surface area (Å²) >= 11 is 0. The molecule has 90 valence electrons. The molecular formula is C9H14N2O5. The predicted octanol–water partition coefficient (Wildman–Crippen LogP) is 1.21. The maximum Gasteiger partial charge on any atom is 0.320 e. The minimum absolute atomic E-state index is 0.0984. The molecule has 0 fully saturated rings. The van der Waals surface area contributed by atoms with E-state index in [0.717, 1.165) is 12.8 Å². The van der Waals surface area contributed by atoms with Gasteiger partial charge >= 0.3 is 5.97 Å². The first-order chi connectivity index (χ1) is 7.66. The van der Waals surface area contributed by atoms with Gasteiger partial charge in [0.05, 0.1) is 19.3 Å². The van der Waals surface area contributed by atoms with Crippen molar-refractivity contribution in [1.29, 1.82) is 5.26 Å². The van der Waals surface area contributed by atoms with Crippen molar-refractivity contribution >= 4 is 5.97 Å². The Morgan fingerprint density at radius 2 is 1.88 bits per heavy atom. The highest BCUT2D eigenvalue weighted by Gasteiger charge is 2.00. The largest absolute Gasteiger partial charge is 0.465 e. The molecule has 0 spiro atoms. The molecule has 7 nitrogen and oxygen atoms in total. The summed E-state index contributed by atoms with van der Waals surface area (Å²) in [6, 6.07) is 1.69. The molecule has 0 radical (unpaired) electrons. The molecule has 0 heterocycles. The summed E-state index contributed by atoms with van der Waals surface area (Å²) in [4.78, 5) is 24.6. The molecule has 0 aliphatic heterocycles. The van der Waals surface area contributed by atoms with Gasteiger partial charge in [-0.15, -0.1) is 10.1 Å². The average molecular weight is 230 g/mol. The Balaban J connectivity index is 3.13. The minimum Gasteiger partial charge on any atom is -0.465 e. The first kappa shape index (κ1) is 14.2. The fraction of sp³-hybridized carbons (Fsp3) is 0.778. The molecule has 0 rings (SSSR count). The Morgan fingerprint density at radius 3 is 2.44 bits per heavy atom. The second-order valence-electron chi connectivity index (χ2n) is 3.03. The third-order valence-corrected chi connectivity index (χ3v) is 1.72. The van der Waals surface area contributed by atoms with Gasteiger partial charge in [0.15, 0.2) is 0 Å². The fourth-order valence-electron chi connectivity index (χ4n) is 0.998. The molecular weight excluding hydrogens is 216 g/mol. The molecule has 0 aromatic rings. The van der Waals surface area contributed by atoms with E-state index in [9.17, 15) is 14.9 Å². The average Bonchev–Trinajstić information content (AvgIpc) is 2.22. The van der Waals surface area contributed by atoms with Gasteiger partial charge in [-0.3, -0.25) is 4.79 Å². The molecule has 0 atom stereocenters. The Labute approximate surface area is 93.0 Å². The van der Waals surface area contributed by atoms with Crippen LogP contribution >= 0.6 is 0 Å². The normalized spacial score (nSPS) is 9.19. The van der Waals surface area contributed by atoms with Crippen LogP contribution in [-0.4, -0.2) is 24.3 Å². The summed E-state index contributed by atoms with van der Waals surface area (Å²) in [6.07, 6.45) is 2.66. The van der Waals surface area contributed by atoms with Crippen molar-refractivity contribution in [2.24, 2.45) is 0 Å². The zero-order valence-corrected chi connectivity index (χ0v) is 8.89. The van der Waals surface area contributed by atoms with Crippen molar-refractivity contribution in [3.05, 3.63) is 10.1 Å². The Hall–Kier alpha value is -1.84. The summed E-state index contributed by atoms with van der Waals surface area (Å²) in [5.74, 6) is -0.515. The maximum atomic E-state index is 10.7. The highest BCUT2D eigenvalue weighted by Crippen LogP contribution is 2.01. The second kappa shape index (κ2) is 9.71. The van der Waals surface area contributed by atoms with Crippen LogP contribution in [0.2, 0.25) is 0 Å². The van der Waals surface area contributed by atoms with Gasteiger partial charge in [-0.05, 0) is 19.3 Å². The first-order valence-corrected chi connectivity index (χ1v) is 4.96. The van der Waals surface area contributed by atoms with E-state index in [1.54, 1.807) is 6.07 Å². The number of rotatable bonds is 9. The number of carbonyl (C=O) groups excluding carboxylic acids is 1. The maximum absolute atomic E-state index is 10.7. The number of nitriles is 1. The number of carbonyl (C=O) groups is 1. The van der Waals surface area contributed by atoms with Gasteiger partial charge < -0.3 is 9.57 Å². The Morgan fingerprint density at radius 1 is 1.25 bits per heavy atom. The van der Waals surface area contributed by atoms with E-state index in [-0.39, 0.29) is 19.6 Å². The zero-order chi connectivity index (χ0) is 12.2. The van der Waals surface area contributed by atoms with Crippen molar-refractivity contribution < 1.29 is 19.5 Å². The molecule has 0 aromatic carbocycles. The van der Waals surface area contributed by atoms with Crippen LogP contribution in [0.25, 0.3) is 0 Å². The van der Waals surface area contributed by atoms with Crippen LogP contribution < -0.4 is 0 Å². The van der Waals surface area contributed by atoms with Crippen molar-refractivity contribution in [3.63, 3.8) is 0 Å². The third kappa shape index (κ3) is 10.2. The molecule has 0 amide bonds. The summed E-state index contributed by atoms with van der Waals surface area (Å²) in [5, 5.41) is 17.1. The molecule has 0 saturated heterocycles. The molecule has 0 aliphatic rings. The summed E-state index contributed by atoms with van der Waals surface area (Å²) in [7, 11) is 0. The lowest BCUT2D eigenvalue weighted by atomic mass is 10.2. The van der Waals surface area contributed by atoms with Gasteiger partial charge in [0.1, 0.15) is 6.42 Å². The highest BCUT2D eigenvalue weighted by atomic mass is 16.9. The van der Waals surface area contributed by atoms with Crippen LogP contribution in [0.15, 0.2) is 0 Å². The van der Waals surface area contributed by atoms with E-state index >= 15 is 0 Å². The van der Waals surface area contributed by atoms with E-state index in [1.165, 1.54) is 0 Å². The summed E-state index contributed by atoms with van der Waals surface area (Å²) < 4.78 is 4.73. The molecule has 0 bridgehead atoms. The standard InChI is InChI=1S/C9H14N2O5/c10-6-5-9(12)15-7-3-1-2-4-8-16-11(13)14/h1-5,7-8H2. The molecule has 0 N–H and O–H groups in total. The lowest BCUT2D eigenvalue weighted by Crippen LogP contribution is -2.05. The number of esters is 1. The van der Waals surface area contributed by atoms with Crippen molar-refractivity contribution in [2.75, 3.05) is 13.2 Å². The number of hydrogen-bond donors (Lipinski definition) is 0. The Kier molecular flexibility index (Phi) is 8.59. The Bertz CT molecular complexity index is 261. The molecule has 16 heavy (non-hydrogen) atoms. The zero-order valence-electron chi connectivity index (χ0n) is 8.89. The van der Waals surface area contributed by atoms with Gasteiger partial charge in [0, 0.05) is 0 Å². The summed E-state index contributed by atoms with van der Waals surface area (Å²) in [6.45, 7) is 0.387. The van der Waals surface area contributed by atoms with Gasteiger partial charge in [0.25, 0.3) is 5.09 Å². The lowest BCUT2D eigenvalue weighted by Gasteiger charge is -2.02. The van der Waals surface area contributed by atoms with Gasteiger partial charge in [0.2, 0.25) is 0 Å². The van der Waals surface area contributed by atoms with Crippen LogP contribution in [0.1, 0.15) is 32.1 Å². The molecule has 0 aromatic heterocycles. The van der Waals surface area contributed by atoms with Gasteiger partial charge in [-0.1, -0.05) is 6.42 Å². The topological polar surface area (TPSA) is 102 Å². The summed E-state index contributed by atoms with van der Waals surface area (Å²) in [5.41, 5.74) is 0. The number of hydrogen-bond acceptors (Lipinski definition) is 6. The SMILES string of the molecule is N#CCC(=O)OCCCCCCO[N+](=O)[O-]. The van der Waals surface area contributed by atoms with Gasteiger partial charge in [-0.25, -0.2) is 0 Å². The molecule has 0 unspecified atom stereocenters. The van der Waals surface area contributed by atoms with E-state index in [4.69, 9.17) is 10.00 Å². The van der Waals surface area contributed by atoms with E-state index in [0.29, 0.717) is 12.8 Å². The predicted molar refractivity (Wildman–Crippen MR) is 52.6 cm³/mol. The number of unbranched alkanes of at least 4 members (excludes halogenated alkanes) is 3. The van der Waals surface area contributed by atoms with Crippen molar-refractivity contribution in [1.82, 2.24) is 0 Å². The van der Waals surface area contributed by atoms with Gasteiger partial charge in [-0.2, -0.15) is 5.26 Å². The lowest BCUT2D eigenvalue weighted by molar-refractivity contribution is -0.757. The van der Waals surface area contributed by atoms with Crippen LogP contribution in [0.5, 0.6) is 0 Å². The number of nitrogens with zero attached hydrogens (tertiary/aromatic N) is 2. The van der Waals surface area contributed by atoms with Crippen LogP contribution in [0.4, 0.5) is 0 Å². The van der Waals surface area contributed by atoms with Crippen molar-refractivity contribution in [3.8, 4) is 6.07 Å². The highest BCUT2D eigenvalue weighted by molar-refractivity contribution is 5.71. The first-order valence-electron chi connectivity index (χ1n) is 4.96. The van der Waals surface area contributed by atoms with E-state index in [1.807, 2.05) is 0 Å². The second-order valence-corrected chi connectivity index (χ2v) is 3.03.